The summed E-state index contributed by atoms with van der Waals surface area (Å²) in [5, 5.41) is 6.59. The lowest BCUT2D eigenvalue weighted by Crippen LogP contribution is -2.57. The standard InChI is InChI=1S/C35H48ClN7O3/c1-2-25-20-24(21-29(36)32(25)37)22-31(33(44)41-16-10-27(11-17-41)40-14-6-3-7-15-40)39-34(45)42-18-12-28(13-19-42)43-23-26-8-4-5-9-30(26)38-35(43)46/h4-5,8-9,20-21,27-28,31H,2-3,6-7,10-19,22-23,37H2,1H3,(H,38,46)(H,39,45)/t31-/m1/s1. The van der Waals surface area contributed by atoms with Crippen LogP contribution in [0.15, 0.2) is 36.4 Å². The Hall–Kier alpha value is -3.50. The van der Waals surface area contributed by atoms with Crippen molar-refractivity contribution in [3.05, 3.63) is 58.1 Å². The van der Waals surface area contributed by atoms with E-state index >= 15 is 0 Å². The van der Waals surface area contributed by atoms with E-state index in [9.17, 15) is 14.4 Å². The van der Waals surface area contributed by atoms with E-state index in [1.807, 2.05) is 53.1 Å². The highest BCUT2D eigenvalue weighted by atomic mass is 35.5. The first-order chi connectivity index (χ1) is 22.3. The topological polar surface area (TPSA) is 114 Å². The first-order valence-electron chi connectivity index (χ1n) is 17.1. The number of hydrogen-bond acceptors (Lipinski definition) is 5. The van der Waals surface area contributed by atoms with Crippen molar-refractivity contribution in [2.45, 2.75) is 89.4 Å². The van der Waals surface area contributed by atoms with Gasteiger partial charge in [-0.2, -0.15) is 0 Å². The Balaban J connectivity index is 1.10. The van der Waals surface area contributed by atoms with E-state index in [1.54, 1.807) is 4.90 Å². The number of anilines is 2. The van der Waals surface area contributed by atoms with Gasteiger partial charge in [0.25, 0.3) is 0 Å². The second-order valence-electron chi connectivity index (χ2n) is 13.3. The molecule has 4 aliphatic heterocycles. The third-order valence-corrected chi connectivity index (χ3v) is 10.7. The number of urea groups is 2. The van der Waals surface area contributed by atoms with Crippen LogP contribution in [0.3, 0.4) is 0 Å². The number of benzene rings is 2. The van der Waals surface area contributed by atoms with E-state index in [2.05, 4.69) is 15.5 Å². The molecule has 6 rings (SSSR count). The molecule has 10 nitrogen and oxygen atoms in total. The van der Waals surface area contributed by atoms with Crippen LogP contribution < -0.4 is 16.4 Å². The minimum Gasteiger partial charge on any atom is -0.397 e. The summed E-state index contributed by atoms with van der Waals surface area (Å²) in [6.45, 7) is 7.31. The normalized spacial score (nSPS) is 20.7. The number of amides is 5. The highest BCUT2D eigenvalue weighted by molar-refractivity contribution is 6.33. The average molecular weight is 650 g/mol. The van der Waals surface area contributed by atoms with Crippen LogP contribution >= 0.6 is 11.6 Å². The number of halogens is 1. The molecule has 11 heteroatoms. The van der Waals surface area contributed by atoms with E-state index in [0.717, 1.165) is 54.7 Å². The monoisotopic (exact) mass is 649 g/mol. The van der Waals surface area contributed by atoms with Gasteiger partial charge in [0.15, 0.2) is 0 Å². The van der Waals surface area contributed by atoms with Crippen molar-refractivity contribution < 1.29 is 14.4 Å². The van der Waals surface area contributed by atoms with Crippen LogP contribution in [0.5, 0.6) is 0 Å². The van der Waals surface area contributed by atoms with Gasteiger partial charge >= 0.3 is 12.1 Å². The van der Waals surface area contributed by atoms with Crippen molar-refractivity contribution in [2.24, 2.45) is 0 Å². The molecule has 5 amide bonds. The lowest BCUT2D eigenvalue weighted by molar-refractivity contribution is -0.134. The predicted octanol–water partition coefficient (Wildman–Crippen LogP) is 5.09. The summed E-state index contributed by atoms with van der Waals surface area (Å²) >= 11 is 6.49. The molecular weight excluding hydrogens is 602 g/mol. The van der Waals surface area contributed by atoms with Gasteiger partial charge in [-0.15, -0.1) is 0 Å². The number of carbonyl (C=O) groups excluding carboxylic acids is 3. The summed E-state index contributed by atoms with van der Waals surface area (Å²) < 4.78 is 0. The second kappa shape index (κ2) is 14.5. The molecule has 2 aromatic carbocycles. The van der Waals surface area contributed by atoms with Crippen LogP contribution in [0.25, 0.3) is 0 Å². The summed E-state index contributed by atoms with van der Waals surface area (Å²) in [7, 11) is 0. The molecule has 0 bridgehead atoms. The summed E-state index contributed by atoms with van der Waals surface area (Å²) in [6.07, 6.45) is 8.17. The van der Waals surface area contributed by atoms with Gasteiger partial charge in [-0.05, 0) is 86.9 Å². The minimum absolute atomic E-state index is 0.0421. The molecule has 4 aliphatic rings. The summed E-state index contributed by atoms with van der Waals surface area (Å²) in [6, 6.07) is 11.2. The van der Waals surface area contributed by atoms with Crippen LogP contribution in [0, 0.1) is 0 Å². The number of piperidine rings is 3. The minimum atomic E-state index is -0.717. The van der Waals surface area contributed by atoms with Crippen molar-refractivity contribution in [1.82, 2.24) is 24.9 Å². The first-order valence-corrected chi connectivity index (χ1v) is 17.5. The number of fused-ring (bicyclic) bond motifs is 1. The number of carbonyl (C=O) groups is 3. The van der Waals surface area contributed by atoms with Gasteiger partial charge in [0.1, 0.15) is 6.04 Å². The zero-order valence-electron chi connectivity index (χ0n) is 27.0. The van der Waals surface area contributed by atoms with Gasteiger partial charge in [0, 0.05) is 56.9 Å². The Morgan fingerprint density at radius 3 is 2.35 bits per heavy atom. The average Bonchev–Trinajstić information content (AvgIpc) is 3.09. The second-order valence-corrected chi connectivity index (χ2v) is 13.7. The molecule has 248 valence electrons. The molecule has 0 radical (unpaired) electrons. The number of nitrogens with two attached hydrogens (primary N) is 1. The Morgan fingerprint density at radius 1 is 0.957 bits per heavy atom. The Kier molecular flexibility index (Phi) is 10.2. The summed E-state index contributed by atoms with van der Waals surface area (Å²) in [4.78, 5) is 48.8. The van der Waals surface area contributed by atoms with Gasteiger partial charge in [-0.1, -0.05) is 49.2 Å². The highest BCUT2D eigenvalue weighted by Crippen LogP contribution is 2.29. The highest BCUT2D eigenvalue weighted by Gasteiger charge is 2.35. The van der Waals surface area contributed by atoms with Gasteiger partial charge < -0.3 is 36.0 Å². The smallest absolute Gasteiger partial charge is 0.322 e. The third kappa shape index (κ3) is 7.23. The number of nitrogen functional groups attached to an aromatic ring is 1. The molecule has 0 saturated carbocycles. The zero-order valence-corrected chi connectivity index (χ0v) is 27.7. The van der Waals surface area contributed by atoms with Crippen molar-refractivity contribution in [3.63, 3.8) is 0 Å². The fourth-order valence-corrected chi connectivity index (χ4v) is 7.94. The Morgan fingerprint density at radius 2 is 1.63 bits per heavy atom. The van der Waals surface area contributed by atoms with E-state index in [1.165, 1.54) is 19.3 Å². The van der Waals surface area contributed by atoms with Gasteiger partial charge in [0.05, 0.1) is 10.7 Å². The van der Waals surface area contributed by atoms with Crippen LogP contribution in [0.4, 0.5) is 21.0 Å². The number of nitrogens with one attached hydrogen (secondary N) is 2. The predicted molar refractivity (Wildman–Crippen MR) is 182 cm³/mol. The summed E-state index contributed by atoms with van der Waals surface area (Å²) in [5.41, 5.74) is 10.5. The molecule has 46 heavy (non-hydrogen) atoms. The Bertz CT molecular complexity index is 1410. The molecule has 1 atom stereocenters. The number of hydrogen-bond donors (Lipinski definition) is 3. The summed E-state index contributed by atoms with van der Waals surface area (Å²) in [5.74, 6) is -0.0463. The van der Waals surface area contributed by atoms with Crippen molar-refractivity contribution in [2.75, 3.05) is 50.3 Å². The molecule has 0 spiro atoms. The number of nitrogens with zero attached hydrogens (tertiary/aromatic N) is 4. The number of para-hydroxylation sites is 1. The molecule has 0 aliphatic carbocycles. The van der Waals surface area contributed by atoms with E-state index in [4.69, 9.17) is 17.3 Å². The molecule has 3 fully saturated rings. The van der Waals surface area contributed by atoms with E-state index in [0.29, 0.717) is 68.7 Å². The number of likely N-dealkylation sites (tertiary alicyclic amines) is 3. The fourth-order valence-electron chi connectivity index (χ4n) is 7.68. The largest absolute Gasteiger partial charge is 0.397 e. The lowest BCUT2D eigenvalue weighted by Gasteiger charge is -2.42. The molecule has 4 N–H and O–H groups in total. The Labute approximate surface area is 277 Å². The molecule has 2 aromatic rings. The number of rotatable bonds is 7. The van der Waals surface area contributed by atoms with Gasteiger partial charge in [-0.3, -0.25) is 4.79 Å². The maximum atomic E-state index is 14.1. The molecular formula is C35H48ClN7O3. The maximum absolute atomic E-state index is 14.1. The van der Waals surface area contributed by atoms with Crippen LogP contribution in [-0.2, 0) is 24.2 Å². The van der Waals surface area contributed by atoms with Crippen LogP contribution in [0.2, 0.25) is 5.02 Å². The van der Waals surface area contributed by atoms with E-state index in [-0.39, 0.29) is 24.0 Å². The van der Waals surface area contributed by atoms with E-state index < -0.39 is 6.04 Å². The molecule has 4 heterocycles. The third-order valence-electron chi connectivity index (χ3n) is 10.4. The quantitative estimate of drug-likeness (QED) is 0.362. The molecule has 0 unspecified atom stereocenters. The van der Waals surface area contributed by atoms with Crippen molar-refractivity contribution in [3.8, 4) is 0 Å². The van der Waals surface area contributed by atoms with Crippen molar-refractivity contribution >= 4 is 40.9 Å². The van der Waals surface area contributed by atoms with Gasteiger partial charge in [-0.25, -0.2) is 9.59 Å². The fraction of sp³-hybridized carbons (Fsp3) is 0.571. The molecule has 3 saturated heterocycles. The molecule has 0 aromatic heterocycles. The van der Waals surface area contributed by atoms with Gasteiger partial charge in [0.2, 0.25) is 5.91 Å². The zero-order chi connectivity index (χ0) is 32.2. The van der Waals surface area contributed by atoms with Crippen LogP contribution in [-0.4, -0.2) is 95.0 Å². The van der Waals surface area contributed by atoms with Crippen molar-refractivity contribution in [1.29, 1.82) is 0 Å². The lowest BCUT2D eigenvalue weighted by atomic mass is 9.97. The first kappa shape index (κ1) is 32.4. The number of aryl methyl sites for hydroxylation is 1. The SMILES string of the molecule is CCc1cc(C[C@@H](NC(=O)N2CCC(N3Cc4ccccc4NC3=O)CC2)C(=O)N2CCC(N3CCCCC3)CC2)cc(Cl)c1N. The maximum Gasteiger partial charge on any atom is 0.322 e. The van der Waals surface area contributed by atoms with Crippen LogP contribution in [0.1, 0.15) is 68.6 Å².